The lowest BCUT2D eigenvalue weighted by Gasteiger charge is -2.03. The van der Waals surface area contributed by atoms with E-state index in [1.165, 1.54) is 39.3 Å². The summed E-state index contributed by atoms with van der Waals surface area (Å²) in [6, 6.07) is 82.3. The Kier molecular flexibility index (Phi) is 30.6. The molecule has 24 rings (SSSR count). The van der Waals surface area contributed by atoms with E-state index in [4.69, 9.17) is 34.9 Å². The SMILES string of the molecule is C1=C(c2ccsc2)N=C(CCc2cnc3ccccc3n2)C1.C1=CCC(C2=CCC(CCc3cnc4ccccc4n3)=N2)=C1.Cc1cccc(-c2cn(C)c(CCc3cnc4ccccc4n3)n2)c1.Cc1cccc(-c2cn(C)c(CCc3cnc4ccccc4n3)n2)c1F.Cc1ccccc1-c1cn(C)c(CCc2cnc3ccccc3n2)n1.Cn1cc(-c2ccccc2)nc1CCc1cnc2ccccc2n1. The average molecular weight is 1910 g/mol. The Balaban J connectivity index is 0.000000109. The van der Waals surface area contributed by atoms with Crippen LogP contribution in [0, 0.1) is 26.6 Å². The number of para-hydroxylation sites is 12. The lowest BCUT2D eigenvalue weighted by atomic mass is 10.1. The Bertz CT molecular complexity index is 8330. The Morgan fingerprint density at radius 1 is 0.292 bits per heavy atom. The van der Waals surface area contributed by atoms with Crippen molar-refractivity contribution in [2.45, 2.75) is 117 Å². The van der Waals surface area contributed by atoms with Crippen molar-refractivity contribution in [2.24, 2.45) is 38.2 Å². The van der Waals surface area contributed by atoms with Crippen LogP contribution in [0.3, 0.4) is 0 Å². The molecule has 21 aromatic rings. The summed E-state index contributed by atoms with van der Waals surface area (Å²) in [6.07, 6.45) is 43.3. The van der Waals surface area contributed by atoms with E-state index in [1.807, 2.05) is 239 Å². The summed E-state index contributed by atoms with van der Waals surface area (Å²) < 4.78 is 22.6. The zero-order chi connectivity index (χ0) is 98.5. The normalized spacial score (nSPS) is 12.5. The zero-order valence-corrected chi connectivity index (χ0v) is 82.5. The highest BCUT2D eigenvalue weighted by atomic mass is 32.1. The second-order valence-electron chi connectivity index (χ2n) is 36.0. The fraction of sp³-hybridized carbons (Fsp3) is 0.183. The number of aliphatic imine (C=N–C) groups is 2. The van der Waals surface area contributed by atoms with Crippen LogP contribution in [-0.2, 0) is 92.4 Å². The first kappa shape index (κ1) is 95.9. The van der Waals surface area contributed by atoms with Crippen molar-refractivity contribution in [2.75, 3.05) is 0 Å². The van der Waals surface area contributed by atoms with Gasteiger partial charge in [0.05, 0.1) is 135 Å². The van der Waals surface area contributed by atoms with Crippen molar-refractivity contribution in [3.05, 3.63) is 449 Å². The predicted molar refractivity (Wildman–Crippen MR) is 579 cm³/mol. The third kappa shape index (κ3) is 24.5. The molecule has 0 amide bonds. The number of rotatable bonds is 24. The minimum absolute atomic E-state index is 0.211. The standard InChI is InChI=1S/C21H19FN4.2C21H20N4.C20H18N4.C19H17N3.C18H15N3S/c1-14-6-5-7-16(21(14)22)19-13-26(2)20(25-19)11-10-15-12-23-17-8-3-4-9-18(17)24-15;1-15-6-5-7-16(12-15)20-14-25(2)21(24-20)11-10-17-13-22-18-8-3-4-9-19(18)23-17;1-15-7-3-4-8-17(15)20-14-25(2)21(24-20)12-11-16-13-22-18-9-5-6-10-19(18)23-16;1-24-14-19(15-7-3-2-4-8-15)23-20(24)12-11-16-13-21-17-9-5-6-10-18(17)22-16;1-2-6-14(5-1)17-12-11-15(21-17)9-10-16-13-20-18-7-3-4-8-19(18)22-16;1-2-4-18-17(3-1)19-11-15(21-18)6-5-14-7-8-16(20-14)13-9-10-22-12-13/h3-9,12-13H,10-11H2,1-2H3;3-9,12-14H,10-11H2,1-2H3;3-10,13-14H,11-12H2,1-2H3;2-10,13-14H,11-12H2,1H3;1-5,7-8,12-13H,6,9-11H2;1-4,8-12H,5-7H2. The van der Waals surface area contributed by atoms with Gasteiger partial charge in [0.1, 0.15) is 29.1 Å². The first-order valence-electron chi connectivity index (χ1n) is 48.8. The summed E-state index contributed by atoms with van der Waals surface area (Å²) in [5, 5.41) is 4.24. The van der Waals surface area contributed by atoms with Crippen molar-refractivity contribution in [1.82, 2.24) is 98.0 Å². The second kappa shape index (κ2) is 46.0. The quantitative estimate of drug-likeness (QED) is 0.0545. The monoisotopic (exact) mass is 1910 g/mol. The minimum atomic E-state index is -0.211. The van der Waals surface area contributed by atoms with E-state index < -0.39 is 0 Å². The zero-order valence-electron chi connectivity index (χ0n) is 81.7. The summed E-state index contributed by atoms with van der Waals surface area (Å²) >= 11 is 1.71. The van der Waals surface area contributed by atoms with Crippen LogP contribution in [0.5, 0.6) is 0 Å². The topological polar surface area (TPSA) is 251 Å². The fourth-order valence-corrected chi connectivity index (χ4v) is 18.2. The number of hydrogen-bond donors (Lipinski definition) is 0. The molecular weight excluding hydrogens is 1800 g/mol. The van der Waals surface area contributed by atoms with Gasteiger partial charge in [0.15, 0.2) is 0 Å². The third-order valence-electron chi connectivity index (χ3n) is 25.4. The first-order chi connectivity index (χ1) is 70.6. The largest absolute Gasteiger partial charge is 0.337 e. The molecule has 0 bridgehead atoms. The molecule has 11 aromatic heterocycles. The number of imidazole rings is 4. The van der Waals surface area contributed by atoms with Crippen LogP contribution in [0.1, 0.15) is 112 Å². The molecule has 1 aliphatic carbocycles. The van der Waals surface area contributed by atoms with Crippen LogP contribution >= 0.6 is 11.3 Å². The fourth-order valence-electron chi connectivity index (χ4n) is 17.5. The number of nitrogens with zero attached hydrogens (tertiary/aromatic N) is 22. The van der Waals surface area contributed by atoms with Crippen LogP contribution in [0.15, 0.2) is 373 Å². The first-order valence-corrected chi connectivity index (χ1v) is 49.7. The van der Waals surface area contributed by atoms with Gasteiger partial charge < -0.3 is 18.3 Å². The van der Waals surface area contributed by atoms with Gasteiger partial charge in [0.25, 0.3) is 0 Å². The predicted octanol–water partition coefficient (Wildman–Crippen LogP) is 25.0. The number of allylic oxidation sites excluding steroid dienone is 6. The number of benzene rings is 10. The minimum Gasteiger partial charge on any atom is -0.337 e. The van der Waals surface area contributed by atoms with Gasteiger partial charge in [-0.2, -0.15) is 11.3 Å². The molecule has 0 fully saturated rings. The van der Waals surface area contributed by atoms with E-state index in [0.29, 0.717) is 16.8 Å². The van der Waals surface area contributed by atoms with E-state index in [1.54, 1.807) is 30.4 Å². The Labute approximate surface area is 840 Å². The van der Waals surface area contributed by atoms with Crippen LogP contribution in [0.2, 0.25) is 0 Å². The van der Waals surface area contributed by atoms with Gasteiger partial charge in [-0.05, 0) is 192 Å². The maximum Gasteiger partial charge on any atom is 0.135 e. The van der Waals surface area contributed by atoms with E-state index in [2.05, 4.69) is 216 Å². The van der Waals surface area contributed by atoms with Crippen LogP contribution in [0.4, 0.5) is 4.39 Å². The molecule has 0 atom stereocenters. The highest BCUT2D eigenvalue weighted by Crippen LogP contribution is 2.32. The van der Waals surface area contributed by atoms with Crippen molar-refractivity contribution in [1.29, 1.82) is 0 Å². The van der Waals surface area contributed by atoms with Gasteiger partial charge in [-0.3, -0.25) is 39.9 Å². The molecule has 0 N–H and O–H groups in total. The second-order valence-corrected chi connectivity index (χ2v) is 36.8. The van der Waals surface area contributed by atoms with Crippen LogP contribution < -0.4 is 0 Å². The molecule has 2 aliphatic heterocycles. The van der Waals surface area contributed by atoms with Crippen molar-refractivity contribution < 1.29 is 4.39 Å². The number of aryl methyl sites for hydroxylation is 17. The molecule has 24 heteroatoms. The maximum absolute atomic E-state index is 14.4. The van der Waals surface area contributed by atoms with E-state index in [0.717, 1.165) is 260 Å². The molecule has 10 aromatic carbocycles. The highest BCUT2D eigenvalue weighted by molar-refractivity contribution is 7.08. The Morgan fingerprint density at radius 3 is 1.02 bits per heavy atom. The summed E-state index contributed by atoms with van der Waals surface area (Å²) in [4.78, 5) is 83.5. The molecule has 0 saturated heterocycles. The van der Waals surface area contributed by atoms with Crippen LogP contribution in [0.25, 0.3) is 117 Å². The van der Waals surface area contributed by atoms with Crippen LogP contribution in [-0.4, -0.2) is 109 Å². The maximum atomic E-state index is 14.4. The average Bonchev–Trinajstić information content (AvgIpc) is 1.67. The molecule has 0 radical (unpaired) electrons. The van der Waals surface area contributed by atoms with E-state index >= 15 is 0 Å². The van der Waals surface area contributed by atoms with E-state index in [-0.39, 0.29) is 5.82 Å². The van der Waals surface area contributed by atoms with Gasteiger partial charge in [0, 0.05) is 173 Å². The Morgan fingerprint density at radius 2 is 0.625 bits per heavy atom. The van der Waals surface area contributed by atoms with Gasteiger partial charge in [-0.1, -0.05) is 194 Å². The van der Waals surface area contributed by atoms with Crippen molar-refractivity contribution >= 4 is 94.7 Å². The molecule has 3 aliphatic rings. The summed E-state index contributed by atoms with van der Waals surface area (Å²) in [5.41, 5.74) is 35.4. The third-order valence-corrected chi connectivity index (χ3v) is 26.1. The molecular formula is C120H109FN22S. The number of hydrogen-bond acceptors (Lipinski definition) is 19. The highest BCUT2D eigenvalue weighted by Gasteiger charge is 2.20. The van der Waals surface area contributed by atoms with Gasteiger partial charge >= 0.3 is 0 Å². The molecule has 22 nitrogen and oxygen atoms in total. The molecule has 144 heavy (non-hydrogen) atoms. The Hall–Kier alpha value is -17.0. The summed E-state index contributed by atoms with van der Waals surface area (Å²) in [7, 11) is 8.08. The summed E-state index contributed by atoms with van der Waals surface area (Å²) in [5.74, 6) is 3.87. The number of halogens is 1. The lowest BCUT2D eigenvalue weighted by Crippen LogP contribution is -2.02. The lowest BCUT2D eigenvalue weighted by molar-refractivity contribution is 0.621. The summed E-state index contributed by atoms with van der Waals surface area (Å²) in [6.45, 7) is 5.99. The van der Waals surface area contributed by atoms with Crippen molar-refractivity contribution in [3.8, 4) is 45.0 Å². The number of aromatic nitrogens is 20. The van der Waals surface area contributed by atoms with E-state index in [9.17, 15) is 4.39 Å². The van der Waals surface area contributed by atoms with Gasteiger partial charge in [-0.25, -0.2) is 54.2 Å². The van der Waals surface area contributed by atoms with Gasteiger partial charge in [-0.15, -0.1) is 0 Å². The smallest absolute Gasteiger partial charge is 0.135 e. The molecule has 0 unspecified atom stereocenters. The number of fused-ring (bicyclic) bond motifs is 6. The number of thiophene rings is 1. The molecule has 712 valence electrons. The van der Waals surface area contributed by atoms with Gasteiger partial charge in [0.2, 0.25) is 0 Å². The molecule has 0 saturated carbocycles. The molecule has 13 heterocycles. The molecule has 0 spiro atoms. The van der Waals surface area contributed by atoms with Crippen molar-refractivity contribution in [3.63, 3.8) is 0 Å².